The lowest BCUT2D eigenvalue weighted by atomic mass is 9.82. The lowest BCUT2D eigenvalue weighted by Crippen LogP contribution is -2.49. The second kappa shape index (κ2) is 13.4. The van der Waals surface area contributed by atoms with Crippen molar-refractivity contribution in [1.29, 1.82) is 0 Å². The molecule has 1 saturated heterocycles. The maximum absolute atomic E-state index is 13.2. The van der Waals surface area contributed by atoms with E-state index >= 15 is 0 Å². The summed E-state index contributed by atoms with van der Waals surface area (Å²) in [5.74, 6) is -3.59. The van der Waals surface area contributed by atoms with Gasteiger partial charge < -0.3 is 35.2 Å². The first-order valence-electron chi connectivity index (χ1n) is 13.8. The van der Waals surface area contributed by atoms with E-state index in [1.165, 1.54) is 0 Å². The molecule has 1 saturated carbocycles. The number of hydrogen-bond donors (Lipinski definition) is 5. The average Bonchev–Trinajstić information content (AvgIpc) is 2.90. The summed E-state index contributed by atoms with van der Waals surface area (Å²) in [5.41, 5.74) is 1.17. The van der Waals surface area contributed by atoms with Gasteiger partial charge in [0.05, 0.1) is 17.2 Å². The number of nitrogens with one attached hydrogen (secondary N) is 1. The van der Waals surface area contributed by atoms with Crippen LogP contribution < -0.4 is 10.9 Å². The molecule has 1 aliphatic heterocycles. The maximum atomic E-state index is 13.2. The van der Waals surface area contributed by atoms with Gasteiger partial charge in [0.15, 0.2) is 0 Å². The van der Waals surface area contributed by atoms with Gasteiger partial charge in [-0.05, 0) is 96.0 Å². The van der Waals surface area contributed by atoms with Crippen molar-refractivity contribution in [2.45, 2.75) is 77.0 Å². The number of piperidine rings is 1. The third-order valence-corrected chi connectivity index (χ3v) is 7.90. The number of hydrogen-bond acceptors (Lipinski definition) is 7. The van der Waals surface area contributed by atoms with Gasteiger partial charge in [0.25, 0.3) is 11.5 Å². The lowest BCUT2D eigenvalue weighted by molar-refractivity contribution is -0.159. The highest BCUT2D eigenvalue weighted by Crippen LogP contribution is 2.30. The standard InChI is InChI=1S/C27H39N3O4.C2H2O4/c1-18(2)30-24-6-4-5-19(3)22(24)15-23(26(30)33)25(32)28-16-20-9-13-29(14-10-20)17-27(34)11-7-21(31)8-12-27;3-1(4)2(5)6/h4-6,15,18,20-21,31,34H,7-14,16-17H2,1-3H3,(H,28,32);(H,3,4)(H,5,6)/t21-,27+;. The van der Waals surface area contributed by atoms with E-state index in [1.54, 1.807) is 10.6 Å². The Balaban J connectivity index is 0.000000663. The zero-order valence-electron chi connectivity index (χ0n) is 23.4. The van der Waals surface area contributed by atoms with Crippen molar-refractivity contribution in [3.63, 3.8) is 0 Å². The minimum Gasteiger partial charge on any atom is -0.473 e. The number of β-amino-alcohol motifs (C(OH)–C–C–N with tert-alkyl or cyclic N) is 1. The number of carboxylic acid groups (broad SMARTS) is 2. The molecule has 4 rings (SSSR count). The van der Waals surface area contributed by atoms with Gasteiger partial charge in [-0.2, -0.15) is 0 Å². The first-order chi connectivity index (χ1) is 18.8. The third kappa shape index (κ3) is 7.89. The van der Waals surface area contributed by atoms with E-state index in [0.717, 1.165) is 42.4 Å². The largest absolute Gasteiger partial charge is 0.473 e. The molecule has 2 heterocycles. The van der Waals surface area contributed by atoms with Gasteiger partial charge in [-0.15, -0.1) is 0 Å². The van der Waals surface area contributed by atoms with Crippen LogP contribution in [0.25, 0.3) is 10.9 Å². The van der Waals surface area contributed by atoms with Gasteiger partial charge in [0.1, 0.15) is 5.56 Å². The predicted molar refractivity (Wildman–Crippen MR) is 150 cm³/mol. The van der Waals surface area contributed by atoms with Crippen molar-refractivity contribution >= 4 is 28.7 Å². The molecule has 1 aliphatic carbocycles. The Morgan fingerprint density at radius 1 is 1.05 bits per heavy atom. The molecule has 0 spiro atoms. The molecular weight excluding hydrogens is 518 g/mol. The number of aromatic nitrogens is 1. The molecule has 220 valence electrons. The van der Waals surface area contributed by atoms with E-state index in [2.05, 4.69) is 10.2 Å². The van der Waals surface area contributed by atoms with Crippen LogP contribution in [0.1, 0.15) is 74.3 Å². The number of pyridine rings is 1. The Kier molecular flexibility index (Phi) is 10.5. The summed E-state index contributed by atoms with van der Waals surface area (Å²) in [6.45, 7) is 8.91. The van der Waals surface area contributed by atoms with Gasteiger partial charge >= 0.3 is 11.9 Å². The fourth-order valence-electron chi connectivity index (χ4n) is 5.58. The first-order valence-corrected chi connectivity index (χ1v) is 13.8. The Bertz CT molecular complexity index is 1260. The summed E-state index contributed by atoms with van der Waals surface area (Å²) in [4.78, 5) is 46.7. The van der Waals surface area contributed by atoms with Gasteiger partial charge in [0.2, 0.25) is 0 Å². The summed E-state index contributed by atoms with van der Waals surface area (Å²) in [5, 5.41) is 39.3. The van der Waals surface area contributed by atoms with Crippen molar-refractivity contribution in [3.05, 3.63) is 45.7 Å². The van der Waals surface area contributed by atoms with Crippen LogP contribution in [-0.2, 0) is 9.59 Å². The minimum atomic E-state index is -1.82. The van der Waals surface area contributed by atoms with E-state index in [0.29, 0.717) is 44.7 Å². The molecule has 1 amide bonds. The molecule has 40 heavy (non-hydrogen) atoms. The summed E-state index contributed by atoms with van der Waals surface area (Å²) < 4.78 is 1.71. The fourth-order valence-corrected chi connectivity index (χ4v) is 5.58. The Hall–Kier alpha value is -3.28. The summed E-state index contributed by atoms with van der Waals surface area (Å²) >= 11 is 0. The SMILES string of the molecule is Cc1cccc2c1cc(C(=O)NCC1CCN(C[C@]3(O)CC[C@@H](O)CC3)CC1)c(=O)n2C(C)C.O=C(O)C(=O)O. The van der Waals surface area contributed by atoms with Crippen LogP contribution in [0, 0.1) is 12.8 Å². The molecule has 2 aromatic rings. The number of aliphatic hydroxyl groups is 2. The number of benzene rings is 1. The lowest BCUT2D eigenvalue weighted by Gasteiger charge is -2.41. The number of fused-ring (bicyclic) bond motifs is 1. The number of aliphatic carboxylic acids is 2. The summed E-state index contributed by atoms with van der Waals surface area (Å²) in [6, 6.07) is 7.57. The molecule has 1 aromatic carbocycles. The highest BCUT2D eigenvalue weighted by atomic mass is 16.4. The Morgan fingerprint density at radius 3 is 2.20 bits per heavy atom. The highest BCUT2D eigenvalue weighted by Gasteiger charge is 2.35. The molecule has 1 aromatic heterocycles. The average molecular weight is 560 g/mol. The zero-order chi connectivity index (χ0) is 29.6. The van der Waals surface area contributed by atoms with Crippen LogP contribution in [0.5, 0.6) is 0 Å². The second-order valence-electron chi connectivity index (χ2n) is 11.3. The fraction of sp³-hybridized carbons (Fsp3) is 0.586. The zero-order valence-corrected chi connectivity index (χ0v) is 23.4. The molecule has 11 heteroatoms. The molecule has 0 bridgehead atoms. The molecule has 2 fully saturated rings. The predicted octanol–water partition coefficient (Wildman–Crippen LogP) is 2.15. The number of amides is 1. The van der Waals surface area contributed by atoms with E-state index < -0.39 is 17.5 Å². The van der Waals surface area contributed by atoms with Crippen LogP contribution in [0.3, 0.4) is 0 Å². The van der Waals surface area contributed by atoms with Crippen LogP contribution >= 0.6 is 0 Å². The number of carbonyl (C=O) groups excluding carboxylic acids is 1. The van der Waals surface area contributed by atoms with Gasteiger partial charge in [-0.25, -0.2) is 9.59 Å². The molecule has 5 N–H and O–H groups in total. The molecule has 0 unspecified atom stereocenters. The monoisotopic (exact) mass is 559 g/mol. The number of rotatable bonds is 6. The third-order valence-electron chi connectivity index (χ3n) is 7.90. The summed E-state index contributed by atoms with van der Waals surface area (Å²) in [6.07, 6.45) is 4.29. The number of aryl methyl sites for hydroxylation is 1. The molecule has 2 aliphatic rings. The minimum absolute atomic E-state index is 0.0453. The number of likely N-dealkylation sites (tertiary alicyclic amines) is 1. The van der Waals surface area contributed by atoms with Crippen LogP contribution in [0.4, 0.5) is 0 Å². The number of carbonyl (C=O) groups is 3. The van der Waals surface area contributed by atoms with Crippen LogP contribution in [0.2, 0.25) is 0 Å². The second-order valence-corrected chi connectivity index (χ2v) is 11.3. The smallest absolute Gasteiger partial charge is 0.414 e. The quantitative estimate of drug-likeness (QED) is 0.333. The Labute approximate surface area is 233 Å². The van der Waals surface area contributed by atoms with Crippen LogP contribution in [-0.4, -0.2) is 85.6 Å². The number of nitrogens with zero attached hydrogens (tertiary/aromatic N) is 2. The normalized spacial score (nSPS) is 22.0. The Morgan fingerprint density at radius 2 is 1.65 bits per heavy atom. The van der Waals surface area contributed by atoms with Crippen LogP contribution in [0.15, 0.2) is 29.1 Å². The number of aliphatic hydroxyl groups excluding tert-OH is 1. The van der Waals surface area contributed by atoms with Crippen molar-refractivity contribution < 1.29 is 34.8 Å². The van der Waals surface area contributed by atoms with Gasteiger partial charge in [-0.3, -0.25) is 9.59 Å². The van der Waals surface area contributed by atoms with E-state index in [4.69, 9.17) is 19.8 Å². The van der Waals surface area contributed by atoms with Crippen molar-refractivity contribution in [1.82, 2.24) is 14.8 Å². The highest BCUT2D eigenvalue weighted by molar-refractivity contribution is 6.27. The maximum Gasteiger partial charge on any atom is 0.414 e. The first kappa shape index (κ1) is 31.3. The van der Waals surface area contributed by atoms with Crippen molar-refractivity contribution in [2.75, 3.05) is 26.2 Å². The van der Waals surface area contributed by atoms with Gasteiger partial charge in [-0.1, -0.05) is 12.1 Å². The molecular formula is C29H41N3O8. The molecule has 0 radical (unpaired) electrons. The van der Waals surface area contributed by atoms with E-state index in [1.807, 2.05) is 39.0 Å². The van der Waals surface area contributed by atoms with Gasteiger partial charge in [0, 0.05) is 24.5 Å². The number of carboxylic acids is 2. The van der Waals surface area contributed by atoms with Crippen molar-refractivity contribution in [3.8, 4) is 0 Å². The topological polar surface area (TPSA) is 169 Å². The molecule has 11 nitrogen and oxygen atoms in total. The van der Waals surface area contributed by atoms with E-state index in [-0.39, 0.29) is 29.2 Å². The molecule has 0 atom stereocenters. The van der Waals surface area contributed by atoms with E-state index in [9.17, 15) is 19.8 Å². The van der Waals surface area contributed by atoms with Crippen molar-refractivity contribution in [2.24, 2.45) is 5.92 Å². The summed E-state index contributed by atoms with van der Waals surface area (Å²) in [7, 11) is 0.